The zero-order chi connectivity index (χ0) is 16.2. The summed E-state index contributed by atoms with van der Waals surface area (Å²) in [6, 6.07) is 16.9. The number of amides is 1. The molecule has 0 N–H and O–H groups in total. The Kier molecular flexibility index (Phi) is 4.38. The van der Waals surface area contributed by atoms with Crippen molar-refractivity contribution < 1.29 is 9.59 Å². The lowest BCUT2D eigenvalue weighted by Crippen LogP contribution is -2.22. The van der Waals surface area contributed by atoms with Gasteiger partial charge in [0.05, 0.1) is 5.70 Å². The zero-order valence-corrected chi connectivity index (χ0v) is 13.2. The maximum absolute atomic E-state index is 12.8. The van der Waals surface area contributed by atoms with Crippen LogP contribution in [0.4, 0.5) is 5.69 Å². The van der Waals surface area contributed by atoms with Gasteiger partial charge in [-0.3, -0.25) is 14.5 Å². The number of carbonyl (C=O) groups excluding carboxylic acids is 2. The number of para-hydroxylation sites is 1. The standard InChI is InChI=1S/C20H19NO2/c1-2-3-11-16(22)14-19-17-12-7-8-13-18(17)20(23)21(19)15-9-5-4-6-10-15/h4-10,12-14H,2-3,11H2,1H3/b19-14+. The van der Waals surface area contributed by atoms with Gasteiger partial charge in [0.2, 0.25) is 0 Å². The Hall–Kier alpha value is -2.68. The van der Waals surface area contributed by atoms with Crippen molar-refractivity contribution in [3.63, 3.8) is 0 Å². The highest BCUT2D eigenvalue weighted by atomic mass is 16.2. The third-order valence-electron chi connectivity index (χ3n) is 3.97. The minimum Gasteiger partial charge on any atom is -0.295 e. The van der Waals surface area contributed by atoms with Crippen LogP contribution in [0.2, 0.25) is 0 Å². The molecule has 0 bridgehead atoms. The van der Waals surface area contributed by atoms with Crippen molar-refractivity contribution in [2.45, 2.75) is 26.2 Å². The van der Waals surface area contributed by atoms with Crippen LogP contribution in [0.25, 0.3) is 5.70 Å². The summed E-state index contributed by atoms with van der Waals surface area (Å²) in [5, 5.41) is 0. The summed E-state index contributed by atoms with van der Waals surface area (Å²) in [6.07, 6.45) is 3.97. The van der Waals surface area contributed by atoms with Crippen molar-refractivity contribution in [3.8, 4) is 0 Å². The van der Waals surface area contributed by atoms with Gasteiger partial charge in [0.15, 0.2) is 5.78 Å². The second-order valence-electron chi connectivity index (χ2n) is 5.62. The molecule has 0 spiro atoms. The van der Waals surface area contributed by atoms with Crippen molar-refractivity contribution in [1.82, 2.24) is 0 Å². The van der Waals surface area contributed by atoms with E-state index in [2.05, 4.69) is 6.92 Å². The van der Waals surface area contributed by atoms with Crippen LogP contribution >= 0.6 is 0 Å². The van der Waals surface area contributed by atoms with Gasteiger partial charge in [-0.1, -0.05) is 49.7 Å². The molecule has 1 aliphatic rings. The molecule has 0 aromatic heterocycles. The van der Waals surface area contributed by atoms with Crippen LogP contribution in [0, 0.1) is 0 Å². The molecule has 23 heavy (non-hydrogen) atoms. The fraction of sp³-hybridized carbons (Fsp3) is 0.200. The molecular formula is C20H19NO2. The Morgan fingerprint density at radius 3 is 2.35 bits per heavy atom. The maximum Gasteiger partial charge on any atom is 0.263 e. The van der Waals surface area contributed by atoms with Crippen LogP contribution in [0.5, 0.6) is 0 Å². The molecule has 2 aromatic rings. The van der Waals surface area contributed by atoms with Gasteiger partial charge in [-0.2, -0.15) is 0 Å². The van der Waals surface area contributed by atoms with E-state index in [1.807, 2.05) is 54.6 Å². The van der Waals surface area contributed by atoms with Crippen molar-refractivity contribution in [3.05, 3.63) is 71.8 Å². The van der Waals surface area contributed by atoms with E-state index in [0.717, 1.165) is 24.1 Å². The topological polar surface area (TPSA) is 37.4 Å². The molecule has 0 saturated heterocycles. The smallest absolute Gasteiger partial charge is 0.263 e. The van der Waals surface area contributed by atoms with E-state index in [4.69, 9.17) is 0 Å². The normalized spacial score (nSPS) is 15.1. The number of ketones is 1. The van der Waals surface area contributed by atoms with E-state index < -0.39 is 0 Å². The van der Waals surface area contributed by atoms with Crippen molar-refractivity contribution in [2.24, 2.45) is 0 Å². The molecule has 1 aliphatic heterocycles. The molecule has 1 heterocycles. The maximum atomic E-state index is 12.8. The minimum absolute atomic E-state index is 0.0623. The van der Waals surface area contributed by atoms with Crippen LogP contribution < -0.4 is 4.90 Å². The van der Waals surface area contributed by atoms with Gasteiger partial charge in [0.1, 0.15) is 0 Å². The fourth-order valence-corrected chi connectivity index (χ4v) is 2.79. The SMILES string of the molecule is CCCCC(=O)/C=C1\c2ccccc2C(=O)N1c1ccccc1. The molecule has 3 rings (SSSR count). The highest BCUT2D eigenvalue weighted by Gasteiger charge is 2.33. The van der Waals surface area contributed by atoms with Crippen LogP contribution in [0.15, 0.2) is 60.7 Å². The molecule has 1 amide bonds. The number of unbranched alkanes of at least 4 members (excludes halogenated alkanes) is 1. The third-order valence-corrected chi connectivity index (χ3v) is 3.97. The average molecular weight is 305 g/mol. The predicted octanol–water partition coefficient (Wildman–Crippen LogP) is 4.45. The molecule has 3 heteroatoms. The van der Waals surface area contributed by atoms with E-state index >= 15 is 0 Å². The molecule has 0 radical (unpaired) electrons. The number of fused-ring (bicyclic) bond motifs is 1. The van der Waals surface area contributed by atoms with Gasteiger partial charge in [-0.05, 0) is 24.6 Å². The molecule has 0 saturated carbocycles. The number of allylic oxidation sites excluding steroid dienone is 1. The second kappa shape index (κ2) is 6.61. The number of anilines is 1. The van der Waals surface area contributed by atoms with Crippen LogP contribution in [-0.2, 0) is 4.79 Å². The van der Waals surface area contributed by atoms with E-state index in [-0.39, 0.29) is 11.7 Å². The van der Waals surface area contributed by atoms with E-state index in [1.54, 1.807) is 11.0 Å². The molecule has 0 unspecified atom stereocenters. The lowest BCUT2D eigenvalue weighted by molar-refractivity contribution is -0.114. The first kappa shape index (κ1) is 15.2. The van der Waals surface area contributed by atoms with E-state index in [0.29, 0.717) is 17.7 Å². The lowest BCUT2D eigenvalue weighted by Gasteiger charge is -2.18. The number of hydrogen-bond donors (Lipinski definition) is 0. The van der Waals surface area contributed by atoms with Crippen LogP contribution in [-0.4, -0.2) is 11.7 Å². The Bertz CT molecular complexity index is 762. The number of benzene rings is 2. The average Bonchev–Trinajstić information content (AvgIpc) is 2.86. The molecule has 0 atom stereocenters. The zero-order valence-electron chi connectivity index (χ0n) is 13.2. The first-order chi connectivity index (χ1) is 11.2. The van der Waals surface area contributed by atoms with Gasteiger partial charge in [-0.25, -0.2) is 0 Å². The summed E-state index contributed by atoms with van der Waals surface area (Å²) in [5.41, 5.74) is 2.93. The molecule has 116 valence electrons. The van der Waals surface area contributed by atoms with Crippen molar-refractivity contribution in [1.29, 1.82) is 0 Å². The molecule has 2 aromatic carbocycles. The summed E-state index contributed by atoms with van der Waals surface area (Å²) < 4.78 is 0. The van der Waals surface area contributed by atoms with Crippen molar-refractivity contribution in [2.75, 3.05) is 4.90 Å². The molecule has 0 aliphatic carbocycles. The summed E-state index contributed by atoms with van der Waals surface area (Å²) >= 11 is 0. The third kappa shape index (κ3) is 2.95. The summed E-state index contributed by atoms with van der Waals surface area (Å²) in [5.74, 6) is -0.0198. The van der Waals surface area contributed by atoms with Gasteiger partial charge < -0.3 is 0 Å². The molecule has 0 fully saturated rings. The molecular weight excluding hydrogens is 286 g/mol. The summed E-state index contributed by atoms with van der Waals surface area (Å²) in [7, 11) is 0. The Morgan fingerprint density at radius 2 is 1.65 bits per heavy atom. The van der Waals surface area contributed by atoms with Crippen LogP contribution in [0.3, 0.4) is 0 Å². The Labute approximate surface area is 136 Å². The number of nitrogens with zero attached hydrogens (tertiary/aromatic N) is 1. The lowest BCUT2D eigenvalue weighted by atomic mass is 10.1. The van der Waals surface area contributed by atoms with E-state index in [9.17, 15) is 9.59 Å². The first-order valence-electron chi connectivity index (χ1n) is 7.96. The highest BCUT2D eigenvalue weighted by molar-refractivity contribution is 6.24. The number of rotatable bonds is 5. The number of carbonyl (C=O) groups is 2. The van der Waals surface area contributed by atoms with Gasteiger partial charge in [0.25, 0.3) is 5.91 Å². The van der Waals surface area contributed by atoms with Crippen LogP contribution in [0.1, 0.15) is 42.1 Å². The summed E-state index contributed by atoms with van der Waals surface area (Å²) in [6.45, 7) is 2.06. The number of hydrogen-bond acceptors (Lipinski definition) is 2. The Balaban J connectivity index is 2.06. The Morgan fingerprint density at radius 1 is 1.00 bits per heavy atom. The fourth-order valence-electron chi connectivity index (χ4n) is 2.79. The first-order valence-corrected chi connectivity index (χ1v) is 7.96. The monoisotopic (exact) mass is 305 g/mol. The van der Waals surface area contributed by atoms with Gasteiger partial charge >= 0.3 is 0 Å². The second-order valence-corrected chi connectivity index (χ2v) is 5.62. The quantitative estimate of drug-likeness (QED) is 0.765. The predicted molar refractivity (Wildman–Crippen MR) is 92.2 cm³/mol. The van der Waals surface area contributed by atoms with Gasteiger partial charge in [-0.15, -0.1) is 0 Å². The summed E-state index contributed by atoms with van der Waals surface area (Å²) in [4.78, 5) is 26.6. The van der Waals surface area contributed by atoms with E-state index in [1.165, 1.54) is 0 Å². The minimum atomic E-state index is -0.0821. The largest absolute Gasteiger partial charge is 0.295 e. The van der Waals surface area contributed by atoms with Gasteiger partial charge in [0, 0.05) is 29.3 Å². The molecule has 3 nitrogen and oxygen atoms in total. The highest BCUT2D eigenvalue weighted by Crippen LogP contribution is 2.36. The van der Waals surface area contributed by atoms with Crippen molar-refractivity contribution >= 4 is 23.1 Å².